The highest BCUT2D eigenvalue weighted by Gasteiger charge is 2.41. The summed E-state index contributed by atoms with van der Waals surface area (Å²) in [7, 11) is -0.586. The van der Waals surface area contributed by atoms with Crippen molar-refractivity contribution >= 4 is 44.6 Å². The van der Waals surface area contributed by atoms with Crippen molar-refractivity contribution in [2.45, 2.75) is 95.9 Å². The number of allylic oxidation sites excluding steroid dienone is 1. The molecule has 3 aliphatic heterocycles. The van der Waals surface area contributed by atoms with Gasteiger partial charge < -0.3 is 24.0 Å². The van der Waals surface area contributed by atoms with Crippen LogP contribution in [0.2, 0.25) is 0 Å². The number of carbonyl (C=O) groups excluding carboxylic acids is 2. The third-order valence-corrected chi connectivity index (χ3v) is 13.7. The van der Waals surface area contributed by atoms with Gasteiger partial charge in [0.1, 0.15) is 5.75 Å². The van der Waals surface area contributed by atoms with Gasteiger partial charge in [0.2, 0.25) is 0 Å². The van der Waals surface area contributed by atoms with E-state index in [1.54, 1.807) is 30.1 Å². The van der Waals surface area contributed by atoms with E-state index in [9.17, 15) is 23.1 Å². The van der Waals surface area contributed by atoms with E-state index in [0.717, 1.165) is 59.0 Å². The van der Waals surface area contributed by atoms with Crippen LogP contribution >= 0.6 is 0 Å². The van der Waals surface area contributed by atoms with Crippen molar-refractivity contribution in [3.05, 3.63) is 70.5 Å². The number of carbonyl (C=O) groups is 2. The lowest BCUT2D eigenvalue weighted by Crippen LogP contribution is -2.55. The zero-order valence-electron chi connectivity index (χ0n) is 32.9. The first-order chi connectivity index (χ1) is 26.8. The minimum absolute atomic E-state index is 0.138. The molecular weight excluding hydrogens is 733 g/mol. The molecule has 1 unspecified atom stereocenters. The van der Waals surface area contributed by atoms with Gasteiger partial charge in [-0.15, -0.1) is 0 Å². The molecule has 2 aromatic carbocycles. The van der Waals surface area contributed by atoms with E-state index in [1.165, 1.54) is 16.3 Å². The minimum Gasteiger partial charge on any atom is -0.497 e. The Morgan fingerprint density at radius 2 is 1.71 bits per heavy atom. The van der Waals surface area contributed by atoms with Gasteiger partial charge in [0.15, 0.2) is 0 Å². The van der Waals surface area contributed by atoms with Crippen LogP contribution in [0.5, 0.6) is 5.75 Å². The fraction of sp³-hybridized carbons (Fsp3) is 0.500. The molecule has 0 bridgehead atoms. The zero-order chi connectivity index (χ0) is 39.5. The number of nitrogens with zero attached hydrogens (tertiary/aromatic N) is 5. The molecule has 2 aromatic heterocycles. The summed E-state index contributed by atoms with van der Waals surface area (Å²) in [6.45, 7) is 7.04. The summed E-state index contributed by atoms with van der Waals surface area (Å²) in [5, 5.41) is 16.6. The number of methoxy groups -OCH3 is 1. The summed E-state index contributed by atoms with van der Waals surface area (Å²) in [6, 6.07) is 11.2. The molecule has 2 saturated heterocycles. The zero-order valence-corrected chi connectivity index (χ0v) is 33.7. The Bertz CT molecular complexity index is 2320. The first kappa shape index (κ1) is 38.4. The Morgan fingerprint density at radius 3 is 2.41 bits per heavy atom. The summed E-state index contributed by atoms with van der Waals surface area (Å²) < 4.78 is 45.1. The van der Waals surface area contributed by atoms with Gasteiger partial charge in [0.05, 0.1) is 55.6 Å². The van der Waals surface area contributed by atoms with Crippen molar-refractivity contribution in [1.82, 2.24) is 28.3 Å². The molecule has 8 rings (SSSR count). The minimum atomic E-state index is -4.08. The predicted molar refractivity (Wildman–Crippen MR) is 215 cm³/mol. The molecule has 1 saturated carbocycles. The molecule has 5 heterocycles. The van der Waals surface area contributed by atoms with Gasteiger partial charge in [-0.05, 0) is 105 Å². The van der Waals surface area contributed by atoms with Crippen LogP contribution in [0.1, 0.15) is 109 Å². The van der Waals surface area contributed by atoms with Gasteiger partial charge in [0.25, 0.3) is 11.8 Å². The average Bonchev–Trinajstić information content (AvgIpc) is 3.65. The van der Waals surface area contributed by atoms with Crippen LogP contribution in [-0.2, 0) is 28.5 Å². The molecule has 13 nitrogen and oxygen atoms in total. The number of likely N-dealkylation sites (tertiary alicyclic amines) is 1. The summed E-state index contributed by atoms with van der Waals surface area (Å²) in [4.78, 5) is 30.2. The normalized spacial score (nSPS) is 23.6. The molecule has 14 heteroatoms. The van der Waals surface area contributed by atoms with Crippen LogP contribution in [0.25, 0.3) is 33.8 Å². The SMILES string of the molecule is COc1ccc2c(c1)C=C(c1c(C(=O)N3[C@H](C)CC(C)(O)C[C@@H]3C)cnn1C)Cn1c-2c(C2CCCCC2)c2ccc(C(=O)NS(=O)(=O)N3CCOCC3)cc21. The van der Waals surface area contributed by atoms with Crippen LogP contribution in [0, 0.1) is 0 Å². The second-order valence-electron chi connectivity index (χ2n) is 16.3. The number of fused-ring (bicyclic) bond motifs is 5. The van der Waals surface area contributed by atoms with Gasteiger partial charge in [-0.25, -0.2) is 4.72 Å². The predicted octanol–water partition coefficient (Wildman–Crippen LogP) is 5.72. The van der Waals surface area contributed by atoms with Crippen molar-refractivity contribution in [2.24, 2.45) is 7.05 Å². The van der Waals surface area contributed by atoms with Gasteiger partial charge in [-0.2, -0.15) is 17.8 Å². The maximum absolute atomic E-state index is 14.6. The molecule has 2 N–H and O–H groups in total. The Morgan fingerprint density at radius 1 is 1.00 bits per heavy atom. The Hall–Kier alpha value is -4.50. The maximum Gasteiger partial charge on any atom is 0.304 e. The molecule has 4 aliphatic rings. The lowest BCUT2D eigenvalue weighted by molar-refractivity contribution is -0.0432. The van der Waals surface area contributed by atoms with Crippen LogP contribution in [0.3, 0.4) is 0 Å². The fourth-order valence-electron chi connectivity index (χ4n) is 9.86. The number of piperidine rings is 1. The standard InChI is InChI=1S/C42H52N6O7S/c1-26-22-42(3,51)23-27(2)48(26)41(50)35-24-43-45(4)38(35)31-19-30-20-32(54-5)12-14-33(30)39-37(28-9-7-6-8-10-28)34-13-11-29(21-36(34)47(39)25-31)40(49)44-56(52,53)46-15-17-55-18-16-46/h11-14,19-21,24,26-28,51H,6-10,15-18,22-23,25H2,1-5H3,(H,44,49)/t26-,27+,42?. The first-order valence-corrected chi connectivity index (χ1v) is 21.2. The van der Waals surface area contributed by atoms with Crippen LogP contribution in [0.4, 0.5) is 0 Å². The largest absolute Gasteiger partial charge is 0.497 e. The number of ether oxygens (including phenoxy) is 2. The molecule has 56 heavy (non-hydrogen) atoms. The topological polar surface area (TPSA) is 148 Å². The van der Waals surface area contributed by atoms with Gasteiger partial charge in [-0.3, -0.25) is 14.3 Å². The summed E-state index contributed by atoms with van der Waals surface area (Å²) in [5.74, 6) is 0.146. The Balaban J connectivity index is 1.28. The average molecular weight is 785 g/mol. The third-order valence-electron chi connectivity index (χ3n) is 12.2. The number of nitrogens with one attached hydrogen (secondary N) is 1. The van der Waals surface area contributed by atoms with Crippen LogP contribution in [-0.4, -0.2) is 100.0 Å². The summed E-state index contributed by atoms with van der Waals surface area (Å²) in [5.41, 5.74) is 6.40. The smallest absolute Gasteiger partial charge is 0.304 e. The second-order valence-corrected chi connectivity index (χ2v) is 18.0. The van der Waals surface area contributed by atoms with E-state index in [2.05, 4.69) is 26.5 Å². The monoisotopic (exact) mass is 784 g/mol. The van der Waals surface area contributed by atoms with Gasteiger partial charge in [0, 0.05) is 54.3 Å². The van der Waals surface area contributed by atoms with Gasteiger partial charge in [-0.1, -0.05) is 25.3 Å². The van der Waals surface area contributed by atoms with Crippen molar-refractivity contribution in [2.75, 3.05) is 33.4 Å². The highest BCUT2D eigenvalue weighted by molar-refractivity contribution is 7.87. The fourth-order valence-corrected chi connectivity index (χ4v) is 11.0. The van der Waals surface area contributed by atoms with E-state index < -0.39 is 21.7 Å². The quantitative estimate of drug-likeness (QED) is 0.242. The lowest BCUT2D eigenvalue weighted by Gasteiger charge is -2.45. The number of morpholine rings is 1. The van der Waals surface area contributed by atoms with Gasteiger partial charge >= 0.3 is 10.2 Å². The lowest BCUT2D eigenvalue weighted by atomic mass is 9.81. The van der Waals surface area contributed by atoms with E-state index in [4.69, 9.17) is 9.47 Å². The van der Waals surface area contributed by atoms with E-state index in [-0.39, 0.29) is 55.8 Å². The molecule has 1 aliphatic carbocycles. The Labute approximate surface area is 328 Å². The molecule has 3 fully saturated rings. The molecule has 0 spiro atoms. The second kappa shape index (κ2) is 14.8. The number of amides is 2. The highest BCUT2D eigenvalue weighted by Crippen LogP contribution is 2.48. The first-order valence-electron chi connectivity index (χ1n) is 19.8. The molecule has 298 valence electrons. The molecular formula is C42H52N6O7S. The van der Waals surface area contributed by atoms with Crippen molar-refractivity contribution in [3.8, 4) is 17.0 Å². The van der Waals surface area contributed by atoms with Crippen molar-refractivity contribution in [3.63, 3.8) is 0 Å². The highest BCUT2D eigenvalue weighted by atomic mass is 32.2. The van der Waals surface area contributed by atoms with E-state index in [0.29, 0.717) is 36.4 Å². The number of aliphatic hydroxyl groups is 1. The molecule has 4 aromatic rings. The summed E-state index contributed by atoms with van der Waals surface area (Å²) in [6.07, 6.45) is 10.2. The maximum atomic E-state index is 14.6. The number of benzene rings is 2. The third kappa shape index (κ3) is 6.94. The number of hydrogen-bond donors (Lipinski definition) is 2. The number of aryl methyl sites for hydroxylation is 1. The number of rotatable bonds is 7. The van der Waals surface area contributed by atoms with E-state index >= 15 is 0 Å². The van der Waals surface area contributed by atoms with E-state index in [1.807, 2.05) is 50.9 Å². The molecule has 0 radical (unpaired) electrons. The molecule has 2 amide bonds. The number of aromatic nitrogens is 3. The summed E-state index contributed by atoms with van der Waals surface area (Å²) >= 11 is 0. The van der Waals surface area contributed by atoms with Crippen LogP contribution in [0.15, 0.2) is 42.6 Å². The van der Waals surface area contributed by atoms with Crippen molar-refractivity contribution in [1.29, 1.82) is 0 Å². The Kier molecular flexibility index (Phi) is 10.1. The van der Waals surface area contributed by atoms with Crippen molar-refractivity contribution < 1.29 is 32.6 Å². The number of hydrogen-bond acceptors (Lipinski definition) is 8. The van der Waals surface area contributed by atoms with Crippen LogP contribution < -0.4 is 9.46 Å². The molecule has 3 atom stereocenters.